The first kappa shape index (κ1) is 14.8. The topological polar surface area (TPSA) is 84.2 Å². The molecule has 6 nitrogen and oxygen atoms in total. The number of carbonyl (C=O) groups excluding carboxylic acids is 1. The van der Waals surface area contributed by atoms with Crippen molar-refractivity contribution in [3.63, 3.8) is 0 Å². The van der Waals surface area contributed by atoms with Gasteiger partial charge in [0.1, 0.15) is 0 Å². The van der Waals surface area contributed by atoms with E-state index >= 15 is 0 Å². The Balaban J connectivity index is 1.88. The number of nitrogens with one attached hydrogen (secondary N) is 1. The zero-order valence-corrected chi connectivity index (χ0v) is 12.0. The highest BCUT2D eigenvalue weighted by atomic mass is 16.4. The summed E-state index contributed by atoms with van der Waals surface area (Å²) in [7, 11) is 1.79. The number of carboxylic acid groups (broad SMARTS) is 1. The summed E-state index contributed by atoms with van der Waals surface area (Å²) in [5.74, 6) is -1.09. The van der Waals surface area contributed by atoms with Gasteiger partial charge in [-0.3, -0.25) is 9.48 Å². The minimum atomic E-state index is -0.943. The molecule has 0 aliphatic carbocycles. The third-order valence-electron chi connectivity index (χ3n) is 3.38. The number of aromatic nitrogens is 2. The lowest BCUT2D eigenvalue weighted by Gasteiger charge is -2.05. The molecular weight excluding hydrogens is 270 g/mol. The normalized spacial score (nSPS) is 10.4. The van der Waals surface area contributed by atoms with Crippen LogP contribution in [0.25, 0.3) is 0 Å². The first-order valence-electron chi connectivity index (χ1n) is 6.58. The SMILES string of the molecule is Cc1c(C(=O)NCCc2ccc(C(=O)O)cc2)cnn1C. The van der Waals surface area contributed by atoms with Crippen LogP contribution in [-0.2, 0) is 13.5 Å². The summed E-state index contributed by atoms with van der Waals surface area (Å²) < 4.78 is 1.65. The highest BCUT2D eigenvalue weighted by Gasteiger charge is 2.11. The van der Waals surface area contributed by atoms with E-state index in [2.05, 4.69) is 10.4 Å². The lowest BCUT2D eigenvalue weighted by Crippen LogP contribution is -2.26. The van der Waals surface area contributed by atoms with Crippen LogP contribution in [0.5, 0.6) is 0 Å². The van der Waals surface area contributed by atoms with Gasteiger partial charge in [-0.1, -0.05) is 12.1 Å². The summed E-state index contributed by atoms with van der Waals surface area (Å²) in [6.45, 7) is 2.33. The minimum Gasteiger partial charge on any atom is -0.478 e. The lowest BCUT2D eigenvalue weighted by atomic mass is 10.1. The Bertz CT molecular complexity index is 659. The quantitative estimate of drug-likeness (QED) is 0.870. The van der Waals surface area contributed by atoms with Crippen LogP contribution in [-0.4, -0.2) is 33.3 Å². The van der Waals surface area contributed by atoms with E-state index in [1.165, 1.54) is 0 Å². The number of hydrogen-bond acceptors (Lipinski definition) is 3. The summed E-state index contributed by atoms with van der Waals surface area (Å²) in [5, 5.41) is 15.7. The van der Waals surface area contributed by atoms with E-state index in [4.69, 9.17) is 5.11 Å². The van der Waals surface area contributed by atoms with Gasteiger partial charge in [-0.25, -0.2) is 4.79 Å². The summed E-state index contributed by atoms with van der Waals surface area (Å²) in [6, 6.07) is 6.63. The van der Waals surface area contributed by atoms with Crippen LogP contribution >= 0.6 is 0 Å². The Morgan fingerprint density at radius 2 is 1.95 bits per heavy atom. The molecule has 2 aromatic rings. The van der Waals surface area contributed by atoms with E-state index in [1.807, 2.05) is 6.92 Å². The van der Waals surface area contributed by atoms with Gasteiger partial charge >= 0.3 is 5.97 Å². The van der Waals surface area contributed by atoms with Crippen LogP contribution in [0.4, 0.5) is 0 Å². The Morgan fingerprint density at radius 3 is 2.48 bits per heavy atom. The fraction of sp³-hybridized carbons (Fsp3) is 0.267. The van der Waals surface area contributed by atoms with Crippen LogP contribution in [0.15, 0.2) is 30.5 Å². The fourth-order valence-electron chi connectivity index (χ4n) is 1.95. The van der Waals surface area contributed by atoms with Crippen molar-refractivity contribution in [3.8, 4) is 0 Å². The van der Waals surface area contributed by atoms with Crippen LogP contribution in [0.2, 0.25) is 0 Å². The number of carbonyl (C=O) groups is 2. The van der Waals surface area contributed by atoms with Crippen molar-refractivity contribution in [1.82, 2.24) is 15.1 Å². The number of benzene rings is 1. The molecule has 1 amide bonds. The maximum Gasteiger partial charge on any atom is 0.335 e. The van der Waals surface area contributed by atoms with Crippen molar-refractivity contribution >= 4 is 11.9 Å². The van der Waals surface area contributed by atoms with Gasteiger partial charge in [-0.2, -0.15) is 5.10 Å². The molecule has 0 bridgehead atoms. The number of nitrogens with zero attached hydrogens (tertiary/aromatic N) is 2. The van der Waals surface area contributed by atoms with Gasteiger partial charge in [0.05, 0.1) is 17.3 Å². The van der Waals surface area contributed by atoms with E-state index in [9.17, 15) is 9.59 Å². The smallest absolute Gasteiger partial charge is 0.335 e. The molecule has 0 saturated heterocycles. The zero-order chi connectivity index (χ0) is 15.4. The van der Waals surface area contributed by atoms with E-state index in [1.54, 1.807) is 42.2 Å². The Kier molecular flexibility index (Phi) is 4.37. The second kappa shape index (κ2) is 6.21. The van der Waals surface area contributed by atoms with Crippen molar-refractivity contribution in [3.05, 3.63) is 52.8 Å². The average molecular weight is 287 g/mol. The maximum absolute atomic E-state index is 12.0. The Labute approximate surface area is 122 Å². The number of hydrogen-bond donors (Lipinski definition) is 2. The molecule has 21 heavy (non-hydrogen) atoms. The second-order valence-electron chi connectivity index (χ2n) is 4.78. The number of amides is 1. The summed E-state index contributed by atoms with van der Waals surface area (Å²) in [6.07, 6.45) is 2.19. The van der Waals surface area contributed by atoms with Crippen molar-refractivity contribution in [2.45, 2.75) is 13.3 Å². The molecule has 0 atom stereocenters. The number of aryl methyl sites for hydroxylation is 1. The maximum atomic E-state index is 12.0. The molecule has 0 radical (unpaired) electrons. The van der Waals surface area contributed by atoms with Gasteiger partial charge in [-0.05, 0) is 31.0 Å². The fourth-order valence-corrected chi connectivity index (χ4v) is 1.95. The van der Waals surface area contributed by atoms with Gasteiger partial charge in [-0.15, -0.1) is 0 Å². The van der Waals surface area contributed by atoms with Gasteiger partial charge < -0.3 is 10.4 Å². The monoisotopic (exact) mass is 287 g/mol. The van der Waals surface area contributed by atoms with E-state index in [-0.39, 0.29) is 11.5 Å². The molecule has 0 spiro atoms. The van der Waals surface area contributed by atoms with Gasteiger partial charge in [0.25, 0.3) is 5.91 Å². The highest BCUT2D eigenvalue weighted by molar-refractivity contribution is 5.95. The van der Waals surface area contributed by atoms with Crippen molar-refractivity contribution in [1.29, 1.82) is 0 Å². The molecule has 0 fully saturated rings. The Morgan fingerprint density at radius 1 is 1.29 bits per heavy atom. The molecule has 6 heteroatoms. The van der Waals surface area contributed by atoms with Crippen molar-refractivity contribution < 1.29 is 14.7 Å². The van der Waals surface area contributed by atoms with Crippen molar-refractivity contribution in [2.24, 2.45) is 7.05 Å². The average Bonchev–Trinajstić information content (AvgIpc) is 2.79. The molecule has 0 unspecified atom stereocenters. The van der Waals surface area contributed by atoms with Crippen LogP contribution in [0, 0.1) is 6.92 Å². The summed E-state index contributed by atoms with van der Waals surface area (Å²) in [4.78, 5) is 22.7. The molecule has 2 N–H and O–H groups in total. The van der Waals surface area contributed by atoms with Crippen LogP contribution in [0.1, 0.15) is 32.0 Å². The predicted octanol–water partition coefficient (Wildman–Crippen LogP) is 1.40. The molecule has 0 aliphatic rings. The highest BCUT2D eigenvalue weighted by Crippen LogP contribution is 2.07. The first-order valence-corrected chi connectivity index (χ1v) is 6.58. The number of carboxylic acids is 1. The Hall–Kier alpha value is -2.63. The predicted molar refractivity (Wildman–Crippen MR) is 77.4 cm³/mol. The summed E-state index contributed by atoms with van der Waals surface area (Å²) >= 11 is 0. The largest absolute Gasteiger partial charge is 0.478 e. The third-order valence-corrected chi connectivity index (χ3v) is 3.38. The van der Waals surface area contributed by atoms with Crippen molar-refractivity contribution in [2.75, 3.05) is 6.54 Å². The van der Waals surface area contributed by atoms with E-state index in [0.717, 1.165) is 11.3 Å². The minimum absolute atomic E-state index is 0.150. The molecule has 1 aromatic heterocycles. The second-order valence-corrected chi connectivity index (χ2v) is 4.78. The van der Waals surface area contributed by atoms with Gasteiger partial charge in [0.15, 0.2) is 0 Å². The molecular formula is C15H17N3O3. The zero-order valence-electron chi connectivity index (χ0n) is 12.0. The van der Waals surface area contributed by atoms with Gasteiger partial charge in [0, 0.05) is 19.3 Å². The van der Waals surface area contributed by atoms with Crippen LogP contribution in [0.3, 0.4) is 0 Å². The summed E-state index contributed by atoms with van der Waals surface area (Å²) in [5.41, 5.74) is 2.62. The van der Waals surface area contributed by atoms with E-state index < -0.39 is 5.97 Å². The lowest BCUT2D eigenvalue weighted by molar-refractivity contribution is 0.0696. The molecule has 0 aliphatic heterocycles. The van der Waals surface area contributed by atoms with Crippen LogP contribution < -0.4 is 5.32 Å². The standard InChI is InChI=1S/C15H17N3O3/c1-10-13(9-17-18(10)2)14(19)16-8-7-11-3-5-12(6-4-11)15(20)21/h3-6,9H,7-8H2,1-2H3,(H,16,19)(H,20,21). The number of aromatic carboxylic acids is 1. The van der Waals surface area contributed by atoms with E-state index in [0.29, 0.717) is 18.5 Å². The first-order chi connectivity index (χ1) is 9.99. The molecule has 110 valence electrons. The van der Waals surface area contributed by atoms with Gasteiger partial charge in [0.2, 0.25) is 0 Å². The molecule has 2 rings (SSSR count). The molecule has 1 aromatic carbocycles. The molecule has 1 heterocycles. The third kappa shape index (κ3) is 3.47. The number of rotatable bonds is 5. The molecule has 0 saturated carbocycles.